The van der Waals surface area contributed by atoms with E-state index < -0.39 is 10.0 Å². The Balaban J connectivity index is 3.09. The van der Waals surface area contributed by atoms with Gasteiger partial charge in [-0.05, 0) is 31.4 Å². The van der Waals surface area contributed by atoms with Crippen molar-refractivity contribution in [3.8, 4) is 0 Å². The van der Waals surface area contributed by atoms with Crippen LogP contribution in [0.3, 0.4) is 0 Å². The number of hydrogen-bond donors (Lipinski definition) is 2. The van der Waals surface area contributed by atoms with Gasteiger partial charge in [-0.3, -0.25) is 5.84 Å². The average molecular weight is 286 g/mol. The van der Waals surface area contributed by atoms with Gasteiger partial charge in [0.1, 0.15) is 0 Å². The van der Waals surface area contributed by atoms with Crippen LogP contribution >= 0.6 is 0 Å². The molecule has 0 spiro atoms. The quantitative estimate of drug-likeness (QED) is 0.610. The molecule has 0 radical (unpaired) electrons. The minimum atomic E-state index is -3.65. The van der Waals surface area contributed by atoms with Gasteiger partial charge in [0, 0.05) is 19.3 Å². The van der Waals surface area contributed by atoms with Crippen molar-refractivity contribution in [1.82, 2.24) is 9.29 Å². The number of sulfonamides is 1. The van der Waals surface area contributed by atoms with E-state index in [1.807, 2.05) is 6.92 Å². The molecule has 0 saturated heterocycles. The molecule has 0 aliphatic carbocycles. The molecule has 0 aromatic carbocycles. The van der Waals surface area contributed by atoms with Gasteiger partial charge in [0.2, 0.25) is 0 Å². The largest absolute Gasteiger partial charge is 0.321 e. The third kappa shape index (κ3) is 3.65. The third-order valence-corrected chi connectivity index (χ3v) is 4.92. The van der Waals surface area contributed by atoms with E-state index >= 15 is 0 Å². The Labute approximate surface area is 115 Å². The smallest absolute Gasteiger partial charge is 0.262 e. The monoisotopic (exact) mass is 286 g/mol. The van der Waals surface area contributed by atoms with Crippen molar-refractivity contribution < 1.29 is 8.42 Å². The summed E-state index contributed by atoms with van der Waals surface area (Å²) in [5, 5.41) is -0.0457. The molecule has 1 heterocycles. The van der Waals surface area contributed by atoms with E-state index in [1.165, 1.54) is 10.5 Å². The highest BCUT2D eigenvalue weighted by molar-refractivity contribution is 7.89. The topological polar surface area (TPSA) is 88.3 Å². The standard InChI is InChI=1S/C12H22N4O2S/c1-9(2)8-10(3)16(4)19(17,18)12-11(15-13)6-5-7-14-12/h5-7,9-10,15H,8,13H2,1-4H3. The molecule has 19 heavy (non-hydrogen) atoms. The van der Waals surface area contributed by atoms with Crippen LogP contribution in [0.15, 0.2) is 23.4 Å². The number of hydrazine groups is 1. The first-order valence-corrected chi connectivity index (χ1v) is 7.64. The van der Waals surface area contributed by atoms with Gasteiger partial charge in [-0.15, -0.1) is 0 Å². The molecule has 1 rings (SSSR count). The zero-order valence-electron chi connectivity index (χ0n) is 11.8. The molecule has 0 amide bonds. The second kappa shape index (κ2) is 6.31. The van der Waals surface area contributed by atoms with Crippen LogP contribution in [0, 0.1) is 5.92 Å². The lowest BCUT2D eigenvalue weighted by atomic mass is 10.1. The molecule has 0 bridgehead atoms. The van der Waals surface area contributed by atoms with Crippen LogP contribution < -0.4 is 11.3 Å². The summed E-state index contributed by atoms with van der Waals surface area (Å²) in [5.74, 6) is 5.75. The van der Waals surface area contributed by atoms with Gasteiger partial charge in [0.25, 0.3) is 10.0 Å². The lowest BCUT2D eigenvalue weighted by Crippen LogP contribution is -2.36. The molecule has 0 aliphatic heterocycles. The van der Waals surface area contributed by atoms with E-state index in [4.69, 9.17) is 5.84 Å². The number of nitrogen functional groups attached to an aromatic ring is 1. The summed E-state index contributed by atoms with van der Waals surface area (Å²) in [6.45, 7) is 6.01. The predicted molar refractivity (Wildman–Crippen MR) is 75.9 cm³/mol. The van der Waals surface area contributed by atoms with Gasteiger partial charge in [0.15, 0.2) is 5.03 Å². The summed E-state index contributed by atoms with van der Waals surface area (Å²) in [7, 11) is -2.08. The second-order valence-corrected chi connectivity index (χ2v) is 6.91. The van der Waals surface area contributed by atoms with Crippen LogP contribution in [0.1, 0.15) is 27.2 Å². The fourth-order valence-corrected chi connectivity index (χ4v) is 3.34. The Hall–Kier alpha value is -1.18. The Morgan fingerprint density at radius 3 is 2.58 bits per heavy atom. The van der Waals surface area contributed by atoms with E-state index in [0.29, 0.717) is 11.6 Å². The van der Waals surface area contributed by atoms with Gasteiger partial charge in [-0.1, -0.05) is 13.8 Å². The molecule has 0 fully saturated rings. The normalized spacial score (nSPS) is 13.8. The highest BCUT2D eigenvalue weighted by Crippen LogP contribution is 2.23. The van der Waals surface area contributed by atoms with E-state index in [-0.39, 0.29) is 11.1 Å². The zero-order chi connectivity index (χ0) is 14.6. The van der Waals surface area contributed by atoms with E-state index in [2.05, 4.69) is 24.3 Å². The number of anilines is 1. The number of nitrogens with two attached hydrogens (primary N) is 1. The summed E-state index contributed by atoms with van der Waals surface area (Å²) < 4.78 is 26.3. The molecular weight excluding hydrogens is 264 g/mol. The first-order chi connectivity index (χ1) is 8.80. The molecule has 1 aromatic rings. The average Bonchev–Trinajstić information content (AvgIpc) is 2.36. The maximum atomic E-state index is 12.5. The summed E-state index contributed by atoms with van der Waals surface area (Å²) in [6, 6.07) is 3.12. The van der Waals surface area contributed by atoms with Crippen molar-refractivity contribution in [2.24, 2.45) is 11.8 Å². The Kier molecular flexibility index (Phi) is 5.28. The molecule has 1 unspecified atom stereocenters. The molecule has 7 heteroatoms. The van der Waals surface area contributed by atoms with Crippen LogP contribution in [-0.4, -0.2) is 30.8 Å². The van der Waals surface area contributed by atoms with Crippen molar-refractivity contribution in [3.63, 3.8) is 0 Å². The molecule has 0 saturated carbocycles. The molecule has 0 aliphatic rings. The Morgan fingerprint density at radius 2 is 2.05 bits per heavy atom. The number of hydrogen-bond acceptors (Lipinski definition) is 5. The van der Waals surface area contributed by atoms with Gasteiger partial charge >= 0.3 is 0 Å². The van der Waals surface area contributed by atoms with Gasteiger partial charge < -0.3 is 5.43 Å². The molecule has 1 aromatic heterocycles. The fraction of sp³-hybridized carbons (Fsp3) is 0.583. The van der Waals surface area contributed by atoms with Crippen molar-refractivity contribution in [3.05, 3.63) is 18.3 Å². The number of nitrogens with one attached hydrogen (secondary N) is 1. The summed E-state index contributed by atoms with van der Waals surface area (Å²) >= 11 is 0. The van der Waals surface area contributed by atoms with Crippen LogP contribution in [0.25, 0.3) is 0 Å². The molecule has 108 valence electrons. The number of aromatic nitrogens is 1. The summed E-state index contributed by atoms with van der Waals surface area (Å²) in [4.78, 5) is 3.93. The maximum absolute atomic E-state index is 12.5. The van der Waals surface area contributed by atoms with E-state index in [0.717, 1.165) is 6.42 Å². The summed E-state index contributed by atoms with van der Waals surface area (Å²) in [6.07, 6.45) is 2.22. The van der Waals surface area contributed by atoms with E-state index in [9.17, 15) is 8.42 Å². The van der Waals surface area contributed by atoms with Crippen molar-refractivity contribution in [1.29, 1.82) is 0 Å². The van der Waals surface area contributed by atoms with Crippen LogP contribution in [0.2, 0.25) is 0 Å². The van der Waals surface area contributed by atoms with Crippen LogP contribution in [0.4, 0.5) is 5.69 Å². The fourth-order valence-electron chi connectivity index (χ4n) is 1.91. The Morgan fingerprint density at radius 1 is 1.42 bits per heavy atom. The minimum absolute atomic E-state index is 0.0457. The number of rotatable bonds is 6. The third-order valence-electron chi connectivity index (χ3n) is 2.98. The maximum Gasteiger partial charge on any atom is 0.262 e. The molecule has 3 N–H and O–H groups in total. The Bertz CT molecular complexity index is 516. The highest BCUT2D eigenvalue weighted by Gasteiger charge is 2.29. The molecule has 6 nitrogen and oxygen atoms in total. The van der Waals surface area contributed by atoms with Gasteiger partial charge in [-0.2, -0.15) is 4.31 Å². The first kappa shape index (κ1) is 15.9. The molecule has 1 atom stereocenters. The number of nitrogens with zero attached hydrogens (tertiary/aromatic N) is 2. The van der Waals surface area contributed by atoms with E-state index in [1.54, 1.807) is 19.2 Å². The predicted octanol–water partition coefficient (Wildman–Crippen LogP) is 1.42. The van der Waals surface area contributed by atoms with Crippen LogP contribution in [-0.2, 0) is 10.0 Å². The van der Waals surface area contributed by atoms with Crippen molar-refractivity contribution in [2.75, 3.05) is 12.5 Å². The second-order valence-electron chi connectivity index (χ2n) is 5.00. The lowest BCUT2D eigenvalue weighted by molar-refractivity contribution is 0.337. The van der Waals surface area contributed by atoms with Crippen molar-refractivity contribution in [2.45, 2.75) is 38.3 Å². The minimum Gasteiger partial charge on any atom is -0.321 e. The molecular formula is C12H22N4O2S. The zero-order valence-corrected chi connectivity index (χ0v) is 12.6. The van der Waals surface area contributed by atoms with Gasteiger partial charge in [0.05, 0.1) is 5.69 Å². The highest BCUT2D eigenvalue weighted by atomic mass is 32.2. The SMILES string of the molecule is CC(C)CC(C)N(C)S(=O)(=O)c1ncccc1NN. The summed E-state index contributed by atoms with van der Waals surface area (Å²) in [5.41, 5.74) is 2.67. The first-order valence-electron chi connectivity index (χ1n) is 6.20. The number of pyridine rings is 1. The van der Waals surface area contributed by atoms with Crippen molar-refractivity contribution >= 4 is 15.7 Å². The lowest BCUT2D eigenvalue weighted by Gasteiger charge is -2.25. The van der Waals surface area contributed by atoms with Gasteiger partial charge in [-0.25, -0.2) is 13.4 Å². The van der Waals surface area contributed by atoms with Crippen LogP contribution in [0.5, 0.6) is 0 Å².